The largest absolute Gasteiger partial charge is 0.327 e. The molecule has 0 bridgehead atoms. The number of carbonyl (C=O) groups is 2. The third-order valence-corrected chi connectivity index (χ3v) is 5.85. The Morgan fingerprint density at radius 2 is 1.89 bits per heavy atom. The van der Waals surface area contributed by atoms with Gasteiger partial charge in [-0.2, -0.15) is 0 Å². The molecule has 4 rings (SSSR count). The van der Waals surface area contributed by atoms with E-state index in [0.29, 0.717) is 6.54 Å². The lowest BCUT2D eigenvalue weighted by Crippen LogP contribution is -3.11. The fraction of sp³-hybridized carbons (Fsp3) is 0.333. The van der Waals surface area contributed by atoms with Crippen molar-refractivity contribution >= 4 is 33.4 Å². The van der Waals surface area contributed by atoms with Crippen LogP contribution in [0.1, 0.15) is 30.0 Å². The Kier molecular flexibility index (Phi) is 5.27. The first-order valence-electron chi connectivity index (χ1n) is 9.39. The number of anilines is 1. The first kappa shape index (κ1) is 18.2. The molecule has 6 heteroatoms. The molecule has 1 unspecified atom stereocenters. The molecule has 0 aromatic heterocycles. The third-order valence-electron chi connectivity index (χ3n) is 5.36. The van der Waals surface area contributed by atoms with Crippen molar-refractivity contribution < 1.29 is 14.5 Å². The molecule has 2 heterocycles. The Labute approximate surface area is 167 Å². The first-order chi connectivity index (χ1) is 13.1. The number of carbonyl (C=O) groups excluding carboxylic acids is 2. The normalized spacial score (nSPS) is 20.1. The van der Waals surface area contributed by atoms with E-state index in [1.807, 2.05) is 48.5 Å². The molecular formula is C21H23BrN3O2+. The summed E-state index contributed by atoms with van der Waals surface area (Å²) in [6, 6.07) is 15.5. The maximum absolute atomic E-state index is 13.2. The Morgan fingerprint density at radius 3 is 2.63 bits per heavy atom. The quantitative estimate of drug-likeness (QED) is 0.785. The van der Waals surface area contributed by atoms with Gasteiger partial charge in [-0.25, -0.2) is 0 Å². The number of hydrogen-bond donors (Lipinski definition) is 2. The Hall–Kier alpha value is -2.18. The third kappa shape index (κ3) is 3.92. The highest BCUT2D eigenvalue weighted by molar-refractivity contribution is 9.10. The average molecular weight is 429 g/mol. The highest BCUT2D eigenvalue weighted by Crippen LogP contribution is 2.37. The van der Waals surface area contributed by atoms with Crippen LogP contribution >= 0.6 is 15.9 Å². The topological polar surface area (TPSA) is 53.9 Å². The van der Waals surface area contributed by atoms with Gasteiger partial charge in [-0.3, -0.25) is 9.59 Å². The lowest BCUT2D eigenvalue weighted by atomic mass is 9.96. The van der Waals surface area contributed by atoms with Gasteiger partial charge in [0, 0.05) is 28.6 Å². The van der Waals surface area contributed by atoms with Gasteiger partial charge in [-0.05, 0) is 23.8 Å². The number of benzene rings is 2. The minimum atomic E-state index is -0.285. The van der Waals surface area contributed by atoms with Crippen molar-refractivity contribution in [3.05, 3.63) is 64.1 Å². The van der Waals surface area contributed by atoms with E-state index in [4.69, 9.17) is 0 Å². The van der Waals surface area contributed by atoms with Crippen LogP contribution < -0.4 is 10.2 Å². The molecule has 2 N–H and O–H groups in total. The minimum Gasteiger partial charge on any atom is -0.327 e. The van der Waals surface area contributed by atoms with E-state index in [1.165, 1.54) is 17.7 Å². The number of nitrogens with one attached hydrogen (secondary N) is 2. The van der Waals surface area contributed by atoms with E-state index < -0.39 is 0 Å². The molecule has 0 aliphatic carbocycles. The molecule has 2 aliphatic heterocycles. The number of fused-ring (bicyclic) bond motifs is 1. The number of quaternary nitrogens is 1. The predicted octanol–water partition coefficient (Wildman–Crippen LogP) is 2.00. The molecule has 2 aromatic carbocycles. The van der Waals surface area contributed by atoms with Gasteiger partial charge >= 0.3 is 0 Å². The number of hydrogen-bond acceptors (Lipinski definition) is 2. The van der Waals surface area contributed by atoms with Gasteiger partial charge in [-0.15, -0.1) is 0 Å². The van der Waals surface area contributed by atoms with Crippen molar-refractivity contribution in [2.24, 2.45) is 0 Å². The van der Waals surface area contributed by atoms with E-state index in [-0.39, 0.29) is 24.4 Å². The van der Waals surface area contributed by atoms with Crippen LogP contribution in [-0.4, -0.2) is 42.9 Å². The maximum Gasteiger partial charge on any atom is 0.279 e. The number of nitrogens with zero attached hydrogens (tertiary/aromatic N) is 1. The number of halogens is 1. The Balaban J connectivity index is 1.77. The Bertz CT molecular complexity index is 850. The van der Waals surface area contributed by atoms with Gasteiger partial charge in [0.15, 0.2) is 6.54 Å². The SMILES string of the molecule is O=C1CN(C(=O)C[NH+]2CCCC2)C(c2ccccc2)c2cc(Br)ccc2N1. The Morgan fingerprint density at radius 1 is 1.15 bits per heavy atom. The molecule has 5 nitrogen and oxygen atoms in total. The molecule has 0 radical (unpaired) electrons. The van der Waals surface area contributed by atoms with Gasteiger partial charge in [0.25, 0.3) is 5.91 Å². The smallest absolute Gasteiger partial charge is 0.279 e. The second-order valence-corrected chi connectivity index (χ2v) is 8.16. The molecule has 1 fully saturated rings. The molecule has 1 saturated heterocycles. The predicted molar refractivity (Wildman–Crippen MR) is 108 cm³/mol. The fourth-order valence-corrected chi connectivity index (χ4v) is 4.45. The second-order valence-electron chi connectivity index (χ2n) is 7.25. The van der Waals surface area contributed by atoms with Gasteiger partial charge < -0.3 is 15.1 Å². The van der Waals surface area contributed by atoms with E-state index in [9.17, 15) is 9.59 Å². The van der Waals surface area contributed by atoms with Crippen LogP contribution in [0.5, 0.6) is 0 Å². The maximum atomic E-state index is 13.2. The zero-order chi connectivity index (χ0) is 18.8. The second kappa shape index (κ2) is 7.82. The van der Waals surface area contributed by atoms with E-state index in [2.05, 4.69) is 21.2 Å². The summed E-state index contributed by atoms with van der Waals surface area (Å²) in [5, 5.41) is 2.97. The minimum absolute atomic E-state index is 0.0312. The van der Waals surface area contributed by atoms with Crippen LogP contribution in [0.3, 0.4) is 0 Å². The standard InChI is InChI=1S/C21H22BrN3O2/c22-16-8-9-18-17(12-16)21(15-6-2-1-3-7-15)25(13-19(26)23-18)20(27)14-24-10-4-5-11-24/h1-3,6-9,12,21H,4-5,10-11,13-14H2,(H,23,26)/p+1. The van der Waals surface area contributed by atoms with Gasteiger partial charge in [-0.1, -0.05) is 46.3 Å². The fourth-order valence-electron chi connectivity index (χ4n) is 4.07. The first-order valence-corrected chi connectivity index (χ1v) is 10.2. The van der Waals surface area contributed by atoms with Crippen molar-refractivity contribution in [1.82, 2.24) is 4.90 Å². The van der Waals surface area contributed by atoms with Gasteiger partial charge in [0.1, 0.15) is 6.54 Å². The monoisotopic (exact) mass is 428 g/mol. The molecule has 2 aliphatic rings. The van der Waals surface area contributed by atoms with Crippen molar-refractivity contribution in [2.75, 3.05) is 31.5 Å². The summed E-state index contributed by atoms with van der Waals surface area (Å²) in [5.74, 6) is -0.120. The highest BCUT2D eigenvalue weighted by atomic mass is 79.9. The zero-order valence-corrected chi connectivity index (χ0v) is 16.7. The zero-order valence-electron chi connectivity index (χ0n) is 15.1. The molecule has 0 saturated carbocycles. The number of likely N-dealkylation sites (tertiary alicyclic amines) is 1. The molecular weight excluding hydrogens is 406 g/mol. The van der Waals surface area contributed by atoms with Crippen LogP contribution in [0.15, 0.2) is 53.0 Å². The number of rotatable bonds is 3. The van der Waals surface area contributed by atoms with Crippen LogP contribution in [0.25, 0.3) is 0 Å². The molecule has 1 atom stereocenters. The lowest BCUT2D eigenvalue weighted by Gasteiger charge is -2.31. The molecule has 2 aromatic rings. The highest BCUT2D eigenvalue weighted by Gasteiger charge is 2.35. The van der Waals surface area contributed by atoms with E-state index in [0.717, 1.165) is 34.4 Å². The van der Waals surface area contributed by atoms with Crippen molar-refractivity contribution in [1.29, 1.82) is 0 Å². The average Bonchev–Trinajstić information content (AvgIpc) is 3.12. The van der Waals surface area contributed by atoms with Crippen LogP contribution in [-0.2, 0) is 9.59 Å². The van der Waals surface area contributed by atoms with Crippen LogP contribution in [0.4, 0.5) is 5.69 Å². The van der Waals surface area contributed by atoms with E-state index >= 15 is 0 Å². The number of amides is 2. The lowest BCUT2D eigenvalue weighted by molar-refractivity contribution is -0.879. The summed E-state index contributed by atoms with van der Waals surface area (Å²) >= 11 is 3.54. The van der Waals surface area contributed by atoms with Gasteiger partial charge in [0.05, 0.1) is 19.1 Å². The van der Waals surface area contributed by atoms with Gasteiger partial charge in [0.2, 0.25) is 5.91 Å². The molecule has 27 heavy (non-hydrogen) atoms. The van der Waals surface area contributed by atoms with Crippen molar-refractivity contribution in [3.63, 3.8) is 0 Å². The summed E-state index contributed by atoms with van der Waals surface area (Å²) in [4.78, 5) is 28.8. The summed E-state index contributed by atoms with van der Waals surface area (Å²) in [5.41, 5.74) is 2.71. The van der Waals surface area contributed by atoms with Crippen LogP contribution in [0, 0.1) is 0 Å². The van der Waals surface area contributed by atoms with Crippen LogP contribution in [0.2, 0.25) is 0 Å². The summed E-state index contributed by atoms with van der Waals surface area (Å²) in [6.07, 6.45) is 2.34. The summed E-state index contributed by atoms with van der Waals surface area (Å²) in [6.45, 7) is 2.58. The molecule has 2 amide bonds. The summed E-state index contributed by atoms with van der Waals surface area (Å²) in [7, 11) is 0. The molecule has 0 spiro atoms. The van der Waals surface area contributed by atoms with E-state index in [1.54, 1.807) is 4.90 Å². The molecule has 140 valence electrons. The van der Waals surface area contributed by atoms with Crippen molar-refractivity contribution in [3.8, 4) is 0 Å². The summed E-state index contributed by atoms with van der Waals surface area (Å²) < 4.78 is 0.927. The van der Waals surface area contributed by atoms with Crippen molar-refractivity contribution in [2.45, 2.75) is 18.9 Å².